The first-order valence-electron chi connectivity index (χ1n) is 5.98. The summed E-state index contributed by atoms with van der Waals surface area (Å²) >= 11 is 2.12. The van der Waals surface area contributed by atoms with Crippen molar-refractivity contribution in [2.45, 2.75) is 20.0 Å². The van der Waals surface area contributed by atoms with Crippen molar-refractivity contribution in [1.29, 1.82) is 0 Å². The first kappa shape index (κ1) is 14.0. The Labute approximate surface area is 125 Å². The fraction of sp³-hybridized carbons (Fsp3) is 0.417. The maximum absolute atomic E-state index is 12.3. The minimum atomic E-state index is -0.0870. The summed E-state index contributed by atoms with van der Waals surface area (Å²) in [6.07, 6.45) is 3.74. The van der Waals surface area contributed by atoms with E-state index in [9.17, 15) is 4.79 Å². The van der Waals surface area contributed by atoms with Gasteiger partial charge in [0, 0.05) is 33.0 Å². The number of halogens is 1. The molecule has 0 aliphatic heterocycles. The molecule has 0 N–H and O–H groups in total. The molecule has 0 saturated heterocycles. The van der Waals surface area contributed by atoms with Gasteiger partial charge < -0.3 is 4.90 Å². The van der Waals surface area contributed by atoms with E-state index in [4.69, 9.17) is 0 Å². The second kappa shape index (κ2) is 5.72. The Kier molecular flexibility index (Phi) is 4.23. The van der Waals surface area contributed by atoms with E-state index in [1.807, 2.05) is 37.1 Å². The third kappa shape index (κ3) is 3.14. The van der Waals surface area contributed by atoms with Gasteiger partial charge in [0.1, 0.15) is 0 Å². The minimum Gasteiger partial charge on any atom is -0.334 e. The van der Waals surface area contributed by atoms with Gasteiger partial charge >= 0.3 is 0 Å². The van der Waals surface area contributed by atoms with E-state index in [1.54, 1.807) is 16.6 Å². The third-order valence-electron chi connectivity index (χ3n) is 2.75. The number of nitrogens with zero attached hydrogens (tertiary/aromatic N) is 5. The molecular weight excluding hydrogens is 357 g/mol. The first-order valence-corrected chi connectivity index (χ1v) is 7.06. The Morgan fingerprint density at radius 1 is 1.47 bits per heavy atom. The minimum absolute atomic E-state index is 0.0870. The van der Waals surface area contributed by atoms with Crippen LogP contribution < -0.4 is 0 Å². The first-order chi connectivity index (χ1) is 9.01. The highest BCUT2D eigenvalue weighted by Gasteiger charge is 2.19. The van der Waals surface area contributed by atoms with Gasteiger partial charge in [-0.2, -0.15) is 10.2 Å². The van der Waals surface area contributed by atoms with Gasteiger partial charge in [0.25, 0.3) is 5.91 Å². The molecule has 7 heteroatoms. The highest BCUT2D eigenvalue weighted by Crippen LogP contribution is 2.12. The summed E-state index contributed by atoms with van der Waals surface area (Å²) < 4.78 is 4.35. The summed E-state index contributed by atoms with van der Waals surface area (Å²) in [6, 6.07) is 1.93. The van der Waals surface area contributed by atoms with E-state index in [0.717, 1.165) is 15.8 Å². The number of aryl methyl sites for hydroxylation is 2. The molecule has 0 bridgehead atoms. The summed E-state index contributed by atoms with van der Waals surface area (Å²) in [5, 5.41) is 8.55. The third-order valence-corrected chi connectivity index (χ3v) is 3.54. The predicted octanol–water partition coefficient (Wildman–Crippen LogP) is 1.51. The number of carbonyl (C=O) groups excluding carboxylic acids is 1. The van der Waals surface area contributed by atoms with E-state index in [-0.39, 0.29) is 5.91 Å². The standard InChI is InChI=1S/C12H16IN5O/c1-4-18-6-5-9(14-18)7-16(2)12(19)11-10(13)8-17(3)15-11/h5-6,8H,4,7H2,1-3H3. The van der Waals surface area contributed by atoms with Crippen LogP contribution in [0.1, 0.15) is 23.1 Å². The van der Waals surface area contributed by atoms with Crippen LogP contribution in [0.15, 0.2) is 18.5 Å². The van der Waals surface area contributed by atoms with Crippen LogP contribution >= 0.6 is 22.6 Å². The van der Waals surface area contributed by atoms with Crippen molar-refractivity contribution in [2.75, 3.05) is 7.05 Å². The largest absolute Gasteiger partial charge is 0.334 e. The number of carbonyl (C=O) groups is 1. The van der Waals surface area contributed by atoms with Crippen LogP contribution in [-0.2, 0) is 20.1 Å². The summed E-state index contributed by atoms with van der Waals surface area (Å²) in [4.78, 5) is 13.9. The van der Waals surface area contributed by atoms with Crippen molar-refractivity contribution in [3.05, 3.63) is 33.4 Å². The van der Waals surface area contributed by atoms with Crippen LogP contribution in [0.25, 0.3) is 0 Å². The smallest absolute Gasteiger partial charge is 0.275 e. The number of amides is 1. The zero-order valence-electron chi connectivity index (χ0n) is 11.2. The molecule has 0 radical (unpaired) electrons. The van der Waals surface area contributed by atoms with Crippen LogP contribution in [0, 0.1) is 3.57 Å². The van der Waals surface area contributed by atoms with Crippen LogP contribution in [0.5, 0.6) is 0 Å². The Morgan fingerprint density at radius 3 is 2.74 bits per heavy atom. The number of hydrogen-bond donors (Lipinski definition) is 0. The predicted molar refractivity (Wildman–Crippen MR) is 79.6 cm³/mol. The van der Waals surface area contributed by atoms with Gasteiger partial charge in [0.2, 0.25) is 0 Å². The number of aromatic nitrogens is 4. The van der Waals surface area contributed by atoms with E-state index < -0.39 is 0 Å². The molecule has 0 atom stereocenters. The van der Waals surface area contributed by atoms with Crippen molar-refractivity contribution in [2.24, 2.45) is 7.05 Å². The lowest BCUT2D eigenvalue weighted by Crippen LogP contribution is -2.27. The van der Waals surface area contributed by atoms with Gasteiger partial charge in [0.05, 0.1) is 15.8 Å². The van der Waals surface area contributed by atoms with Gasteiger partial charge in [-0.1, -0.05) is 0 Å². The molecule has 2 aromatic heterocycles. The van der Waals surface area contributed by atoms with E-state index >= 15 is 0 Å². The van der Waals surface area contributed by atoms with Gasteiger partial charge in [-0.05, 0) is 35.6 Å². The molecule has 2 rings (SSSR count). The topological polar surface area (TPSA) is 56.0 Å². The molecule has 1 amide bonds. The average molecular weight is 373 g/mol. The molecule has 0 aliphatic rings. The normalized spacial score (nSPS) is 10.7. The van der Waals surface area contributed by atoms with Crippen molar-refractivity contribution in [1.82, 2.24) is 24.5 Å². The lowest BCUT2D eigenvalue weighted by Gasteiger charge is -2.14. The van der Waals surface area contributed by atoms with Crippen molar-refractivity contribution in [3.8, 4) is 0 Å². The van der Waals surface area contributed by atoms with E-state index in [0.29, 0.717) is 12.2 Å². The molecule has 0 aromatic carbocycles. The second-order valence-electron chi connectivity index (χ2n) is 4.32. The number of rotatable bonds is 4. The molecule has 0 saturated carbocycles. The quantitative estimate of drug-likeness (QED) is 0.764. The number of hydrogen-bond acceptors (Lipinski definition) is 3. The summed E-state index contributed by atoms with van der Waals surface area (Å²) in [5.41, 5.74) is 1.36. The Morgan fingerprint density at radius 2 is 2.21 bits per heavy atom. The Hall–Kier alpha value is -1.38. The van der Waals surface area contributed by atoms with Crippen molar-refractivity contribution < 1.29 is 4.79 Å². The Bertz CT molecular complexity index is 589. The highest BCUT2D eigenvalue weighted by atomic mass is 127. The van der Waals surface area contributed by atoms with Crippen molar-refractivity contribution >= 4 is 28.5 Å². The maximum atomic E-state index is 12.3. The van der Waals surface area contributed by atoms with Gasteiger partial charge in [-0.3, -0.25) is 14.2 Å². The molecule has 2 heterocycles. The van der Waals surface area contributed by atoms with Crippen LogP contribution in [0.2, 0.25) is 0 Å². The monoisotopic (exact) mass is 373 g/mol. The molecule has 6 nitrogen and oxygen atoms in total. The summed E-state index contributed by atoms with van der Waals surface area (Å²) in [5.74, 6) is -0.0870. The lowest BCUT2D eigenvalue weighted by atomic mass is 10.3. The van der Waals surface area contributed by atoms with Gasteiger partial charge in [-0.15, -0.1) is 0 Å². The molecule has 102 valence electrons. The van der Waals surface area contributed by atoms with Crippen molar-refractivity contribution in [3.63, 3.8) is 0 Å². The lowest BCUT2D eigenvalue weighted by molar-refractivity contribution is 0.0775. The zero-order valence-corrected chi connectivity index (χ0v) is 13.3. The second-order valence-corrected chi connectivity index (χ2v) is 5.49. The molecule has 0 spiro atoms. The fourth-order valence-corrected chi connectivity index (χ4v) is 2.51. The molecular formula is C12H16IN5O. The van der Waals surface area contributed by atoms with Gasteiger partial charge in [-0.25, -0.2) is 0 Å². The molecule has 0 fully saturated rings. The van der Waals surface area contributed by atoms with E-state index in [1.165, 1.54) is 0 Å². The summed E-state index contributed by atoms with van der Waals surface area (Å²) in [7, 11) is 3.57. The summed E-state index contributed by atoms with van der Waals surface area (Å²) in [6.45, 7) is 3.34. The molecule has 2 aromatic rings. The molecule has 0 aliphatic carbocycles. The average Bonchev–Trinajstić information content (AvgIpc) is 2.94. The molecule has 19 heavy (non-hydrogen) atoms. The maximum Gasteiger partial charge on any atom is 0.275 e. The highest BCUT2D eigenvalue weighted by molar-refractivity contribution is 14.1. The fourth-order valence-electron chi connectivity index (χ4n) is 1.76. The van der Waals surface area contributed by atoms with Gasteiger partial charge in [0.15, 0.2) is 5.69 Å². The molecule has 0 unspecified atom stereocenters. The van der Waals surface area contributed by atoms with Crippen LogP contribution in [-0.4, -0.2) is 37.4 Å². The van der Waals surface area contributed by atoms with Crippen LogP contribution in [0.4, 0.5) is 0 Å². The zero-order chi connectivity index (χ0) is 14.0. The SMILES string of the molecule is CCn1ccc(CN(C)C(=O)c2nn(C)cc2I)n1. The Balaban J connectivity index is 2.09. The van der Waals surface area contributed by atoms with E-state index in [2.05, 4.69) is 32.8 Å². The van der Waals surface area contributed by atoms with Crippen LogP contribution in [0.3, 0.4) is 0 Å².